The molecular formula is C20H23Cl2N3O. The number of benzene rings is 2. The van der Waals surface area contributed by atoms with E-state index in [1.165, 1.54) is 5.56 Å². The van der Waals surface area contributed by atoms with Gasteiger partial charge in [-0.2, -0.15) is 0 Å². The molecule has 1 fully saturated rings. The lowest BCUT2D eigenvalue weighted by Gasteiger charge is -2.34. The number of amides is 1. The van der Waals surface area contributed by atoms with Gasteiger partial charge >= 0.3 is 0 Å². The summed E-state index contributed by atoms with van der Waals surface area (Å²) >= 11 is 12.1. The van der Waals surface area contributed by atoms with Gasteiger partial charge in [-0.25, -0.2) is 0 Å². The van der Waals surface area contributed by atoms with Crippen LogP contribution in [0.1, 0.15) is 12.0 Å². The van der Waals surface area contributed by atoms with E-state index >= 15 is 0 Å². The van der Waals surface area contributed by atoms with Crippen molar-refractivity contribution in [3.8, 4) is 0 Å². The van der Waals surface area contributed by atoms with Crippen LogP contribution in [-0.4, -0.2) is 48.4 Å². The number of nitrogens with one attached hydrogen (secondary N) is 1. The molecule has 2 aromatic carbocycles. The summed E-state index contributed by atoms with van der Waals surface area (Å²) in [5, 5.41) is 4.22. The van der Waals surface area contributed by atoms with Gasteiger partial charge in [-0.3, -0.25) is 9.69 Å². The van der Waals surface area contributed by atoms with E-state index in [4.69, 9.17) is 23.2 Å². The van der Waals surface area contributed by atoms with Gasteiger partial charge in [-0.15, -0.1) is 0 Å². The summed E-state index contributed by atoms with van der Waals surface area (Å²) in [6, 6.07) is 15.3. The molecule has 0 atom stereocenters. The van der Waals surface area contributed by atoms with Gasteiger partial charge in [0.25, 0.3) is 0 Å². The normalized spacial score (nSPS) is 15.8. The molecule has 0 unspecified atom stereocenters. The van der Waals surface area contributed by atoms with Crippen LogP contribution in [0.3, 0.4) is 0 Å². The van der Waals surface area contributed by atoms with E-state index in [1.54, 1.807) is 6.07 Å². The zero-order valence-corrected chi connectivity index (χ0v) is 16.1. The van der Waals surface area contributed by atoms with Crippen molar-refractivity contribution in [3.05, 3.63) is 64.1 Å². The lowest BCUT2D eigenvalue weighted by atomic mass is 10.2. The second-order valence-corrected chi connectivity index (χ2v) is 7.37. The molecule has 6 heteroatoms. The predicted octanol–water partition coefficient (Wildman–Crippen LogP) is 4.14. The molecule has 1 aliphatic heterocycles. The molecular weight excluding hydrogens is 369 g/mol. The molecule has 2 aromatic rings. The largest absolute Gasteiger partial charge is 0.325 e. The highest BCUT2D eigenvalue weighted by molar-refractivity contribution is 6.33. The fourth-order valence-corrected chi connectivity index (χ4v) is 3.50. The van der Waals surface area contributed by atoms with E-state index in [-0.39, 0.29) is 5.91 Å². The first-order valence-corrected chi connectivity index (χ1v) is 9.59. The zero-order valence-electron chi connectivity index (χ0n) is 14.6. The second kappa shape index (κ2) is 9.38. The Morgan fingerprint density at radius 2 is 1.69 bits per heavy atom. The van der Waals surface area contributed by atoms with Crippen molar-refractivity contribution in [1.82, 2.24) is 9.80 Å². The van der Waals surface area contributed by atoms with Crippen LogP contribution in [0, 0.1) is 0 Å². The van der Waals surface area contributed by atoms with Crippen LogP contribution in [0.5, 0.6) is 0 Å². The fourth-order valence-electron chi connectivity index (χ4n) is 3.10. The SMILES string of the molecule is O=C(CCN1CCN(Cc2cccc(Cl)c2)CC1)Nc1ccccc1Cl. The molecule has 138 valence electrons. The summed E-state index contributed by atoms with van der Waals surface area (Å²) in [4.78, 5) is 16.9. The average Bonchev–Trinajstić information content (AvgIpc) is 2.63. The Bertz CT molecular complexity index is 745. The Balaban J connectivity index is 1.39. The smallest absolute Gasteiger partial charge is 0.225 e. The molecule has 0 aromatic heterocycles. The molecule has 1 aliphatic rings. The third-order valence-corrected chi connectivity index (χ3v) is 5.13. The first-order valence-electron chi connectivity index (χ1n) is 8.84. The second-order valence-electron chi connectivity index (χ2n) is 6.53. The van der Waals surface area contributed by atoms with E-state index in [1.807, 2.05) is 36.4 Å². The van der Waals surface area contributed by atoms with E-state index in [2.05, 4.69) is 21.2 Å². The van der Waals surface area contributed by atoms with Gasteiger partial charge in [0, 0.05) is 50.7 Å². The highest BCUT2D eigenvalue weighted by Crippen LogP contribution is 2.20. The molecule has 1 amide bonds. The Hall–Kier alpha value is -1.59. The number of halogens is 2. The summed E-state index contributed by atoms with van der Waals surface area (Å²) < 4.78 is 0. The Kier molecular flexibility index (Phi) is 6.92. The van der Waals surface area contributed by atoms with Crippen LogP contribution in [0.4, 0.5) is 5.69 Å². The van der Waals surface area contributed by atoms with Crippen LogP contribution in [0.2, 0.25) is 10.0 Å². The van der Waals surface area contributed by atoms with Crippen LogP contribution >= 0.6 is 23.2 Å². The maximum atomic E-state index is 12.1. The minimum Gasteiger partial charge on any atom is -0.325 e. The van der Waals surface area contributed by atoms with Crippen molar-refractivity contribution < 1.29 is 4.79 Å². The summed E-state index contributed by atoms with van der Waals surface area (Å²) in [5.41, 5.74) is 1.91. The number of carbonyl (C=O) groups is 1. The van der Waals surface area contributed by atoms with Crippen molar-refractivity contribution in [2.75, 3.05) is 38.0 Å². The zero-order chi connectivity index (χ0) is 18.4. The van der Waals surface area contributed by atoms with Gasteiger partial charge in [0.2, 0.25) is 5.91 Å². The summed E-state index contributed by atoms with van der Waals surface area (Å²) in [6.07, 6.45) is 0.472. The Morgan fingerprint density at radius 3 is 2.42 bits per heavy atom. The minimum atomic E-state index is -0.000503. The van der Waals surface area contributed by atoms with Crippen molar-refractivity contribution >= 4 is 34.8 Å². The fraction of sp³-hybridized carbons (Fsp3) is 0.350. The number of nitrogens with zero attached hydrogens (tertiary/aromatic N) is 2. The molecule has 0 saturated carbocycles. The Labute approximate surface area is 164 Å². The highest BCUT2D eigenvalue weighted by atomic mass is 35.5. The first-order chi connectivity index (χ1) is 12.6. The van der Waals surface area contributed by atoms with Gasteiger partial charge in [0.15, 0.2) is 0 Å². The van der Waals surface area contributed by atoms with Gasteiger partial charge in [-0.05, 0) is 29.8 Å². The van der Waals surface area contributed by atoms with Crippen LogP contribution in [0.25, 0.3) is 0 Å². The van der Waals surface area contributed by atoms with Crippen molar-refractivity contribution in [1.29, 1.82) is 0 Å². The molecule has 3 rings (SSSR count). The number of para-hydroxylation sites is 1. The highest BCUT2D eigenvalue weighted by Gasteiger charge is 2.18. The van der Waals surface area contributed by atoms with Crippen molar-refractivity contribution in [2.45, 2.75) is 13.0 Å². The van der Waals surface area contributed by atoms with Crippen LogP contribution < -0.4 is 5.32 Å². The molecule has 1 saturated heterocycles. The lowest BCUT2D eigenvalue weighted by molar-refractivity contribution is -0.116. The van der Waals surface area contributed by atoms with E-state index in [9.17, 15) is 4.79 Å². The van der Waals surface area contributed by atoms with Gasteiger partial charge in [0.1, 0.15) is 0 Å². The molecule has 0 bridgehead atoms. The van der Waals surface area contributed by atoms with E-state index in [0.717, 1.165) is 44.3 Å². The molecule has 4 nitrogen and oxygen atoms in total. The maximum Gasteiger partial charge on any atom is 0.225 e. The average molecular weight is 392 g/mol. The number of carbonyl (C=O) groups excluding carboxylic acids is 1. The van der Waals surface area contributed by atoms with Crippen molar-refractivity contribution in [2.24, 2.45) is 0 Å². The maximum absolute atomic E-state index is 12.1. The third-order valence-electron chi connectivity index (χ3n) is 4.56. The molecule has 26 heavy (non-hydrogen) atoms. The van der Waals surface area contributed by atoms with E-state index in [0.29, 0.717) is 17.1 Å². The molecule has 0 radical (unpaired) electrons. The number of anilines is 1. The van der Waals surface area contributed by atoms with Crippen molar-refractivity contribution in [3.63, 3.8) is 0 Å². The monoisotopic (exact) mass is 391 g/mol. The predicted molar refractivity (Wildman–Crippen MR) is 108 cm³/mol. The minimum absolute atomic E-state index is 0.000503. The Morgan fingerprint density at radius 1 is 0.962 bits per heavy atom. The molecule has 0 spiro atoms. The van der Waals surface area contributed by atoms with E-state index < -0.39 is 0 Å². The van der Waals surface area contributed by atoms with Crippen LogP contribution in [-0.2, 0) is 11.3 Å². The number of hydrogen-bond donors (Lipinski definition) is 1. The summed E-state index contributed by atoms with van der Waals surface area (Å²) in [7, 11) is 0. The number of piperazine rings is 1. The number of hydrogen-bond acceptors (Lipinski definition) is 3. The quantitative estimate of drug-likeness (QED) is 0.803. The van der Waals surface area contributed by atoms with Gasteiger partial charge in [0.05, 0.1) is 10.7 Å². The first kappa shape index (κ1) is 19.2. The molecule has 1 N–H and O–H groups in total. The summed E-state index contributed by atoms with van der Waals surface area (Å²) in [5.74, 6) is -0.000503. The topological polar surface area (TPSA) is 35.6 Å². The molecule has 1 heterocycles. The van der Waals surface area contributed by atoms with Crippen LogP contribution in [0.15, 0.2) is 48.5 Å². The third kappa shape index (κ3) is 5.71. The van der Waals surface area contributed by atoms with Gasteiger partial charge in [-0.1, -0.05) is 47.5 Å². The van der Waals surface area contributed by atoms with Gasteiger partial charge < -0.3 is 10.2 Å². The lowest BCUT2D eigenvalue weighted by Crippen LogP contribution is -2.46. The molecule has 0 aliphatic carbocycles. The summed E-state index contributed by atoms with van der Waals surface area (Å²) in [6.45, 7) is 5.62. The standard InChI is InChI=1S/C20H23Cl2N3O/c21-17-5-3-4-16(14-17)15-25-12-10-24(11-13-25)9-8-20(26)23-19-7-2-1-6-18(19)22/h1-7,14H,8-13,15H2,(H,23,26). The number of rotatable bonds is 6.